The second-order valence-electron chi connectivity index (χ2n) is 7.23. The lowest BCUT2D eigenvalue weighted by Gasteiger charge is -2.26. The van der Waals surface area contributed by atoms with Crippen molar-refractivity contribution in [2.45, 2.75) is 56.6 Å². The first-order valence-electron chi connectivity index (χ1n) is 9.84. The first-order chi connectivity index (χ1) is 13.7. The maximum Gasteiger partial charge on any atom is 0.229 e. The van der Waals surface area contributed by atoms with Gasteiger partial charge >= 0.3 is 0 Å². The number of hydrogen-bond acceptors (Lipinski definition) is 7. The quantitative estimate of drug-likeness (QED) is 0.560. The number of likely N-dealkylation sites (tertiary alicyclic amines) is 1. The van der Waals surface area contributed by atoms with Crippen LogP contribution in [-0.2, 0) is 13.1 Å². The van der Waals surface area contributed by atoms with E-state index in [9.17, 15) is 0 Å². The standard InChI is InChI=1S/C20H26N6OS/c1-15(19-23-21-16(2)27-19)28-20-24-22-18(14-25-11-7-4-8-12-25)26(20)13-17-9-5-3-6-10-17/h3,5-6,9-10,15H,4,7-8,11-14H2,1-2H3. The van der Waals surface area contributed by atoms with Gasteiger partial charge in [0.1, 0.15) is 5.82 Å². The van der Waals surface area contributed by atoms with Crippen LogP contribution < -0.4 is 0 Å². The van der Waals surface area contributed by atoms with E-state index in [-0.39, 0.29) is 5.25 Å². The molecule has 0 aliphatic carbocycles. The van der Waals surface area contributed by atoms with Gasteiger partial charge in [0.2, 0.25) is 11.8 Å². The van der Waals surface area contributed by atoms with Crippen LogP contribution in [0.2, 0.25) is 0 Å². The van der Waals surface area contributed by atoms with E-state index in [2.05, 4.69) is 61.1 Å². The summed E-state index contributed by atoms with van der Waals surface area (Å²) < 4.78 is 7.83. The number of benzene rings is 1. The molecule has 8 heteroatoms. The third-order valence-corrected chi connectivity index (χ3v) is 6.03. The van der Waals surface area contributed by atoms with Gasteiger partial charge in [-0.05, 0) is 38.4 Å². The molecule has 2 aromatic heterocycles. The molecule has 1 atom stereocenters. The molecule has 3 aromatic rings. The molecule has 0 radical (unpaired) electrons. The van der Waals surface area contributed by atoms with E-state index in [4.69, 9.17) is 4.42 Å². The zero-order chi connectivity index (χ0) is 19.3. The Kier molecular flexibility index (Phi) is 6.07. The predicted octanol–water partition coefficient (Wildman–Crippen LogP) is 3.86. The number of hydrogen-bond donors (Lipinski definition) is 0. The molecule has 0 amide bonds. The van der Waals surface area contributed by atoms with Gasteiger partial charge in [-0.25, -0.2) is 0 Å². The van der Waals surface area contributed by atoms with Crippen LogP contribution in [0.25, 0.3) is 0 Å². The van der Waals surface area contributed by atoms with Crippen molar-refractivity contribution in [1.82, 2.24) is 29.9 Å². The van der Waals surface area contributed by atoms with Crippen molar-refractivity contribution in [1.29, 1.82) is 0 Å². The van der Waals surface area contributed by atoms with E-state index in [1.54, 1.807) is 11.8 Å². The van der Waals surface area contributed by atoms with Gasteiger partial charge in [0.25, 0.3) is 0 Å². The molecule has 4 rings (SSSR count). The van der Waals surface area contributed by atoms with Gasteiger partial charge in [0.05, 0.1) is 18.3 Å². The Morgan fingerprint density at radius 2 is 1.79 bits per heavy atom. The Morgan fingerprint density at radius 3 is 2.50 bits per heavy atom. The number of aromatic nitrogens is 5. The molecule has 0 saturated carbocycles. The molecule has 7 nitrogen and oxygen atoms in total. The fourth-order valence-corrected chi connectivity index (χ4v) is 4.35. The van der Waals surface area contributed by atoms with Crippen LogP contribution >= 0.6 is 11.8 Å². The van der Waals surface area contributed by atoms with Gasteiger partial charge in [0, 0.05) is 6.92 Å². The second-order valence-corrected chi connectivity index (χ2v) is 8.53. The van der Waals surface area contributed by atoms with Gasteiger partial charge in [-0.2, -0.15) is 0 Å². The van der Waals surface area contributed by atoms with E-state index >= 15 is 0 Å². The molecule has 1 saturated heterocycles. The lowest BCUT2D eigenvalue weighted by atomic mass is 10.1. The Hall–Kier alpha value is -2.19. The smallest absolute Gasteiger partial charge is 0.229 e. The minimum Gasteiger partial charge on any atom is -0.424 e. The maximum atomic E-state index is 5.60. The summed E-state index contributed by atoms with van der Waals surface area (Å²) in [7, 11) is 0. The summed E-state index contributed by atoms with van der Waals surface area (Å²) in [5.74, 6) is 2.22. The largest absolute Gasteiger partial charge is 0.424 e. The third kappa shape index (κ3) is 4.62. The molecule has 0 N–H and O–H groups in total. The van der Waals surface area contributed by atoms with E-state index in [0.29, 0.717) is 11.8 Å². The van der Waals surface area contributed by atoms with Crippen molar-refractivity contribution in [2.75, 3.05) is 13.1 Å². The van der Waals surface area contributed by atoms with Crippen LogP contribution in [0.1, 0.15) is 54.6 Å². The summed E-state index contributed by atoms with van der Waals surface area (Å²) in [6, 6.07) is 10.5. The molecule has 28 heavy (non-hydrogen) atoms. The molecule has 0 spiro atoms. The Bertz CT molecular complexity index is 887. The van der Waals surface area contributed by atoms with Crippen LogP contribution in [0.15, 0.2) is 39.9 Å². The Morgan fingerprint density at radius 1 is 1.00 bits per heavy atom. The highest BCUT2D eigenvalue weighted by atomic mass is 32.2. The summed E-state index contributed by atoms with van der Waals surface area (Å²) >= 11 is 1.61. The number of rotatable bonds is 7. The Labute approximate surface area is 169 Å². The fraction of sp³-hybridized carbons (Fsp3) is 0.500. The first-order valence-corrected chi connectivity index (χ1v) is 10.7. The minimum absolute atomic E-state index is 0.0164. The average molecular weight is 399 g/mol. The van der Waals surface area contributed by atoms with E-state index < -0.39 is 0 Å². The molecule has 148 valence electrons. The fourth-order valence-electron chi connectivity index (χ4n) is 3.45. The monoisotopic (exact) mass is 398 g/mol. The van der Waals surface area contributed by atoms with Gasteiger partial charge in [-0.15, -0.1) is 20.4 Å². The van der Waals surface area contributed by atoms with Crippen LogP contribution in [0, 0.1) is 6.92 Å². The third-order valence-electron chi connectivity index (χ3n) is 4.96. The van der Waals surface area contributed by atoms with Crippen LogP contribution in [-0.4, -0.2) is 43.0 Å². The molecule has 1 unspecified atom stereocenters. The normalized spacial score (nSPS) is 16.4. The molecule has 3 heterocycles. The van der Waals surface area contributed by atoms with Crippen molar-refractivity contribution < 1.29 is 4.42 Å². The van der Waals surface area contributed by atoms with Crippen LogP contribution in [0.5, 0.6) is 0 Å². The van der Waals surface area contributed by atoms with Crippen LogP contribution in [0.4, 0.5) is 0 Å². The van der Waals surface area contributed by atoms with Gasteiger partial charge in [-0.1, -0.05) is 48.5 Å². The topological polar surface area (TPSA) is 72.9 Å². The van der Waals surface area contributed by atoms with Crippen molar-refractivity contribution >= 4 is 11.8 Å². The number of thioether (sulfide) groups is 1. The highest BCUT2D eigenvalue weighted by Gasteiger charge is 2.22. The summed E-state index contributed by atoms with van der Waals surface area (Å²) in [4.78, 5) is 2.48. The molecule has 1 fully saturated rings. The summed E-state index contributed by atoms with van der Waals surface area (Å²) in [6.07, 6.45) is 3.86. The highest BCUT2D eigenvalue weighted by Crippen LogP contribution is 2.33. The zero-order valence-electron chi connectivity index (χ0n) is 16.4. The van der Waals surface area contributed by atoms with Gasteiger partial charge < -0.3 is 8.98 Å². The number of aryl methyl sites for hydroxylation is 1. The highest BCUT2D eigenvalue weighted by molar-refractivity contribution is 7.99. The first kappa shape index (κ1) is 19.1. The summed E-state index contributed by atoms with van der Waals surface area (Å²) in [5.41, 5.74) is 1.24. The zero-order valence-corrected chi connectivity index (χ0v) is 17.2. The van der Waals surface area contributed by atoms with Crippen molar-refractivity contribution in [3.8, 4) is 0 Å². The number of piperidine rings is 1. The van der Waals surface area contributed by atoms with Crippen molar-refractivity contribution in [3.05, 3.63) is 53.5 Å². The summed E-state index contributed by atoms with van der Waals surface area (Å²) in [6.45, 7) is 7.74. The molecule has 0 bridgehead atoms. The van der Waals surface area contributed by atoms with E-state index in [1.165, 1.54) is 24.8 Å². The van der Waals surface area contributed by atoms with E-state index in [0.717, 1.165) is 37.2 Å². The maximum absolute atomic E-state index is 5.60. The van der Waals surface area contributed by atoms with Gasteiger partial charge in [0.15, 0.2) is 5.16 Å². The molecular weight excluding hydrogens is 372 g/mol. The van der Waals surface area contributed by atoms with Crippen LogP contribution in [0.3, 0.4) is 0 Å². The second kappa shape index (κ2) is 8.87. The number of nitrogens with zero attached hydrogens (tertiary/aromatic N) is 6. The Balaban J connectivity index is 1.57. The SMILES string of the molecule is Cc1nnc(C(C)Sc2nnc(CN3CCCCC3)n2Cc2ccccc2)o1. The molecule has 1 aliphatic heterocycles. The lowest BCUT2D eigenvalue weighted by molar-refractivity contribution is 0.213. The van der Waals surface area contributed by atoms with Gasteiger partial charge in [-0.3, -0.25) is 4.90 Å². The van der Waals surface area contributed by atoms with Crippen molar-refractivity contribution in [2.24, 2.45) is 0 Å². The lowest BCUT2D eigenvalue weighted by Crippen LogP contribution is -2.30. The average Bonchev–Trinajstić information content (AvgIpc) is 3.31. The summed E-state index contributed by atoms with van der Waals surface area (Å²) in [5, 5.41) is 18.1. The minimum atomic E-state index is 0.0164. The van der Waals surface area contributed by atoms with Crippen molar-refractivity contribution in [3.63, 3.8) is 0 Å². The van der Waals surface area contributed by atoms with E-state index in [1.807, 2.05) is 13.0 Å². The molecular formula is C20H26N6OS. The predicted molar refractivity (Wildman–Crippen MR) is 108 cm³/mol. The molecule has 1 aromatic carbocycles. The molecule has 1 aliphatic rings.